The van der Waals surface area contributed by atoms with Gasteiger partial charge < -0.3 is 10.2 Å². The van der Waals surface area contributed by atoms with E-state index in [0.29, 0.717) is 11.1 Å². The van der Waals surface area contributed by atoms with Gasteiger partial charge in [0.05, 0.1) is 10.6 Å². The maximum atomic E-state index is 13.0. The maximum Gasteiger partial charge on any atom is 0.335 e. The first kappa shape index (κ1) is 12.4. The summed E-state index contributed by atoms with van der Waals surface area (Å²) in [7, 11) is 0. The summed E-state index contributed by atoms with van der Waals surface area (Å²) >= 11 is 5.65. The van der Waals surface area contributed by atoms with Crippen LogP contribution in [0.3, 0.4) is 0 Å². The number of halogens is 2. The van der Waals surface area contributed by atoms with Gasteiger partial charge in [-0.15, -0.1) is 0 Å². The van der Waals surface area contributed by atoms with Gasteiger partial charge in [-0.25, -0.2) is 9.18 Å². The summed E-state index contributed by atoms with van der Waals surface area (Å²) in [5.74, 6) is -1.88. The molecule has 2 aromatic carbocycles. The Hall–Kier alpha value is -2.07. The molecule has 0 radical (unpaired) electrons. The van der Waals surface area contributed by atoms with Crippen molar-refractivity contribution in [3.05, 3.63) is 52.8 Å². The minimum Gasteiger partial charge on any atom is -0.507 e. The monoisotopic (exact) mass is 266 g/mol. The van der Waals surface area contributed by atoms with Gasteiger partial charge in [0.1, 0.15) is 11.6 Å². The van der Waals surface area contributed by atoms with Crippen LogP contribution in [0.2, 0.25) is 5.02 Å². The summed E-state index contributed by atoms with van der Waals surface area (Å²) < 4.78 is 13.0. The number of carboxylic acids is 1. The number of phenolic OH excluding ortho intramolecular Hbond substituents is 1. The summed E-state index contributed by atoms with van der Waals surface area (Å²) in [5.41, 5.74) is 0.877. The molecule has 5 heteroatoms. The lowest BCUT2D eigenvalue weighted by molar-refractivity contribution is 0.0696. The molecule has 0 unspecified atom stereocenters. The Morgan fingerprint density at radius 3 is 2.44 bits per heavy atom. The quantitative estimate of drug-likeness (QED) is 0.874. The van der Waals surface area contributed by atoms with E-state index in [1.807, 2.05) is 0 Å². The van der Waals surface area contributed by atoms with Crippen molar-refractivity contribution in [2.24, 2.45) is 0 Å². The first-order valence-corrected chi connectivity index (χ1v) is 5.38. The molecule has 0 aromatic heterocycles. The van der Waals surface area contributed by atoms with Gasteiger partial charge in [0, 0.05) is 5.56 Å². The SMILES string of the molecule is O=C(O)c1ccc(-c2ccc(F)c(Cl)c2)c(O)c1. The number of aromatic hydroxyl groups is 1. The fourth-order valence-corrected chi connectivity index (χ4v) is 1.75. The Balaban J connectivity index is 2.51. The Labute approximate surface area is 107 Å². The van der Waals surface area contributed by atoms with E-state index in [4.69, 9.17) is 16.7 Å². The minimum absolute atomic E-state index is 0.0236. The van der Waals surface area contributed by atoms with Crippen molar-refractivity contribution in [2.45, 2.75) is 0 Å². The average molecular weight is 267 g/mol. The van der Waals surface area contributed by atoms with E-state index < -0.39 is 11.8 Å². The molecule has 92 valence electrons. The third kappa shape index (κ3) is 2.28. The lowest BCUT2D eigenvalue weighted by Crippen LogP contribution is -1.95. The van der Waals surface area contributed by atoms with Crippen LogP contribution in [0.25, 0.3) is 11.1 Å². The van der Waals surface area contributed by atoms with E-state index in [1.54, 1.807) is 0 Å². The number of carbonyl (C=O) groups is 1. The fourth-order valence-electron chi connectivity index (χ4n) is 1.57. The van der Waals surface area contributed by atoms with Gasteiger partial charge >= 0.3 is 5.97 Å². The highest BCUT2D eigenvalue weighted by molar-refractivity contribution is 6.31. The maximum absolute atomic E-state index is 13.0. The van der Waals surface area contributed by atoms with Crippen molar-refractivity contribution in [2.75, 3.05) is 0 Å². The van der Waals surface area contributed by atoms with Gasteiger partial charge in [0.25, 0.3) is 0 Å². The molecule has 0 saturated heterocycles. The van der Waals surface area contributed by atoms with Crippen molar-refractivity contribution >= 4 is 17.6 Å². The lowest BCUT2D eigenvalue weighted by atomic mass is 10.0. The van der Waals surface area contributed by atoms with E-state index in [1.165, 1.54) is 30.3 Å². The van der Waals surface area contributed by atoms with Gasteiger partial charge in [0.15, 0.2) is 0 Å². The van der Waals surface area contributed by atoms with Crippen molar-refractivity contribution in [1.82, 2.24) is 0 Å². The summed E-state index contributed by atoms with van der Waals surface area (Å²) in [6.07, 6.45) is 0. The number of phenols is 1. The minimum atomic E-state index is -1.13. The first-order valence-electron chi connectivity index (χ1n) is 5.01. The number of hydrogen-bond donors (Lipinski definition) is 2. The highest BCUT2D eigenvalue weighted by Gasteiger charge is 2.10. The van der Waals surface area contributed by atoms with Crippen molar-refractivity contribution in [3.63, 3.8) is 0 Å². The number of carboxylic acid groups (broad SMARTS) is 1. The lowest BCUT2D eigenvalue weighted by Gasteiger charge is -2.06. The third-order valence-electron chi connectivity index (χ3n) is 2.48. The molecule has 0 atom stereocenters. The first-order chi connectivity index (χ1) is 8.49. The van der Waals surface area contributed by atoms with Crippen LogP contribution in [0.4, 0.5) is 4.39 Å². The van der Waals surface area contributed by atoms with Gasteiger partial charge in [-0.05, 0) is 35.9 Å². The smallest absolute Gasteiger partial charge is 0.335 e. The summed E-state index contributed by atoms with van der Waals surface area (Å²) in [4.78, 5) is 10.7. The van der Waals surface area contributed by atoms with Gasteiger partial charge in [-0.3, -0.25) is 0 Å². The van der Waals surface area contributed by atoms with Crippen molar-refractivity contribution in [1.29, 1.82) is 0 Å². The van der Waals surface area contributed by atoms with Crippen LogP contribution in [0, 0.1) is 5.82 Å². The van der Waals surface area contributed by atoms with Gasteiger partial charge in [-0.2, -0.15) is 0 Å². The predicted molar refractivity (Wildman–Crippen MR) is 65.5 cm³/mol. The molecule has 2 rings (SSSR count). The van der Waals surface area contributed by atoms with Crippen LogP contribution >= 0.6 is 11.6 Å². The summed E-state index contributed by atoms with van der Waals surface area (Å²) in [6, 6.07) is 7.94. The van der Waals surface area contributed by atoms with Crippen LogP contribution < -0.4 is 0 Å². The molecular formula is C13H8ClFO3. The molecule has 0 amide bonds. The third-order valence-corrected chi connectivity index (χ3v) is 2.76. The molecule has 0 heterocycles. The molecule has 2 aromatic rings. The van der Waals surface area contributed by atoms with Crippen LogP contribution in [-0.2, 0) is 0 Å². The second kappa shape index (κ2) is 4.66. The molecule has 0 spiro atoms. The molecule has 0 aliphatic heterocycles. The molecular weight excluding hydrogens is 259 g/mol. The molecule has 0 aliphatic carbocycles. The molecule has 18 heavy (non-hydrogen) atoms. The van der Waals surface area contributed by atoms with E-state index in [2.05, 4.69) is 0 Å². The van der Waals surface area contributed by atoms with Gasteiger partial charge in [0.2, 0.25) is 0 Å². The molecule has 0 fully saturated rings. The largest absolute Gasteiger partial charge is 0.507 e. The highest BCUT2D eigenvalue weighted by atomic mass is 35.5. The average Bonchev–Trinajstić information content (AvgIpc) is 2.32. The van der Waals surface area contributed by atoms with Crippen LogP contribution in [0.1, 0.15) is 10.4 Å². The van der Waals surface area contributed by atoms with E-state index >= 15 is 0 Å². The normalized spacial score (nSPS) is 10.3. The Morgan fingerprint density at radius 2 is 1.89 bits per heavy atom. The molecule has 3 nitrogen and oxygen atoms in total. The summed E-state index contributed by atoms with van der Waals surface area (Å²) in [5, 5.41) is 18.5. The topological polar surface area (TPSA) is 57.5 Å². The second-order valence-corrected chi connectivity index (χ2v) is 4.07. The Kier molecular flexibility index (Phi) is 3.21. The molecule has 0 saturated carbocycles. The van der Waals surface area contributed by atoms with Crippen LogP contribution in [0.5, 0.6) is 5.75 Å². The van der Waals surface area contributed by atoms with Crippen molar-refractivity contribution in [3.8, 4) is 16.9 Å². The van der Waals surface area contributed by atoms with E-state index in [9.17, 15) is 14.3 Å². The summed E-state index contributed by atoms with van der Waals surface area (Å²) in [6.45, 7) is 0. The molecule has 0 aliphatic rings. The number of aromatic carboxylic acids is 1. The second-order valence-electron chi connectivity index (χ2n) is 3.67. The Morgan fingerprint density at radius 1 is 1.17 bits per heavy atom. The zero-order chi connectivity index (χ0) is 13.3. The predicted octanol–water partition coefficient (Wildman–Crippen LogP) is 3.55. The molecule has 2 N–H and O–H groups in total. The van der Waals surface area contributed by atoms with Gasteiger partial charge in [-0.1, -0.05) is 17.7 Å². The number of benzene rings is 2. The van der Waals surface area contributed by atoms with E-state index in [0.717, 1.165) is 6.07 Å². The zero-order valence-electron chi connectivity index (χ0n) is 9.02. The Bertz CT molecular complexity index is 626. The standard InChI is InChI=1S/C13H8ClFO3/c14-10-5-7(2-4-11(10)15)9-3-1-8(13(17)18)6-12(9)16/h1-6,16H,(H,17,18). The molecule has 0 bridgehead atoms. The fraction of sp³-hybridized carbons (Fsp3) is 0. The number of rotatable bonds is 2. The number of hydrogen-bond acceptors (Lipinski definition) is 2. The zero-order valence-corrected chi connectivity index (χ0v) is 9.78. The van der Waals surface area contributed by atoms with Crippen LogP contribution in [-0.4, -0.2) is 16.2 Å². The van der Waals surface area contributed by atoms with Crippen molar-refractivity contribution < 1.29 is 19.4 Å². The van der Waals surface area contributed by atoms with E-state index in [-0.39, 0.29) is 16.3 Å². The highest BCUT2D eigenvalue weighted by Crippen LogP contribution is 2.32. The van der Waals surface area contributed by atoms with Crippen LogP contribution in [0.15, 0.2) is 36.4 Å².